The molecule has 0 N–H and O–H groups in total. The van der Waals surface area contributed by atoms with Crippen molar-refractivity contribution in [3.63, 3.8) is 0 Å². The van der Waals surface area contributed by atoms with E-state index >= 15 is 0 Å². The molecule has 0 aromatic carbocycles. The van der Waals surface area contributed by atoms with Crippen molar-refractivity contribution >= 4 is 0 Å². The lowest BCUT2D eigenvalue weighted by atomic mass is 9.88. The second-order valence-corrected chi connectivity index (χ2v) is 4.19. The molecule has 1 unspecified atom stereocenters. The van der Waals surface area contributed by atoms with Crippen LogP contribution in [0.5, 0.6) is 0 Å². The van der Waals surface area contributed by atoms with E-state index in [4.69, 9.17) is 4.74 Å². The van der Waals surface area contributed by atoms with E-state index in [0.29, 0.717) is 0 Å². The number of piperidine rings is 1. The van der Waals surface area contributed by atoms with Crippen molar-refractivity contribution in [2.75, 3.05) is 20.2 Å². The fourth-order valence-electron chi connectivity index (χ4n) is 1.91. The van der Waals surface area contributed by atoms with Gasteiger partial charge in [-0.1, -0.05) is 13.8 Å². The number of likely N-dealkylation sites (tertiary alicyclic amines) is 1. The monoisotopic (exact) mass is 183 g/mol. The van der Waals surface area contributed by atoms with Crippen LogP contribution >= 0.6 is 0 Å². The van der Waals surface area contributed by atoms with Crippen LogP contribution in [0.15, 0.2) is 12.5 Å². The van der Waals surface area contributed by atoms with Crippen molar-refractivity contribution in [1.82, 2.24) is 4.90 Å². The molecule has 1 saturated heterocycles. The molecular formula is C11H21NO. The lowest BCUT2D eigenvalue weighted by molar-refractivity contribution is 0.0979. The molecule has 0 amide bonds. The maximum Gasteiger partial charge on any atom is 0.181 e. The van der Waals surface area contributed by atoms with Crippen molar-refractivity contribution in [1.29, 1.82) is 0 Å². The van der Waals surface area contributed by atoms with Crippen molar-refractivity contribution in [2.45, 2.75) is 26.7 Å². The second-order valence-electron chi connectivity index (χ2n) is 4.19. The van der Waals surface area contributed by atoms with Gasteiger partial charge in [0, 0.05) is 13.1 Å². The largest absolute Gasteiger partial charge is 0.483 e. The van der Waals surface area contributed by atoms with Gasteiger partial charge >= 0.3 is 0 Å². The van der Waals surface area contributed by atoms with Gasteiger partial charge in [0.2, 0.25) is 0 Å². The fourth-order valence-corrected chi connectivity index (χ4v) is 1.91. The highest BCUT2D eigenvalue weighted by Crippen LogP contribution is 2.25. The van der Waals surface area contributed by atoms with Gasteiger partial charge in [-0.05, 0) is 31.3 Å². The number of ether oxygens (including phenoxy) is 1. The van der Waals surface area contributed by atoms with Crippen LogP contribution in [0.4, 0.5) is 0 Å². The summed E-state index contributed by atoms with van der Waals surface area (Å²) in [4.78, 5) is 2.26. The third-order valence-electron chi connectivity index (χ3n) is 2.99. The average molecular weight is 183 g/mol. The Bertz CT molecular complexity index is 177. The lowest BCUT2D eigenvalue weighted by Crippen LogP contribution is -2.36. The fraction of sp³-hybridized carbons (Fsp3) is 0.818. The molecule has 1 atom stereocenters. The molecule has 13 heavy (non-hydrogen) atoms. The SMILES string of the molecule is C=C(OC)N1CCCC(C(C)C)C1. The molecule has 0 bridgehead atoms. The molecule has 76 valence electrons. The Hall–Kier alpha value is -0.660. The molecular weight excluding hydrogens is 162 g/mol. The Labute approximate surface area is 81.6 Å². The van der Waals surface area contributed by atoms with Crippen LogP contribution in [0.3, 0.4) is 0 Å². The number of rotatable bonds is 3. The van der Waals surface area contributed by atoms with E-state index in [9.17, 15) is 0 Å². The summed E-state index contributed by atoms with van der Waals surface area (Å²) in [5.74, 6) is 2.40. The van der Waals surface area contributed by atoms with Crippen LogP contribution in [0.25, 0.3) is 0 Å². The number of hydrogen-bond donors (Lipinski definition) is 0. The minimum absolute atomic E-state index is 0.771. The van der Waals surface area contributed by atoms with Crippen LogP contribution in [0.2, 0.25) is 0 Å². The molecule has 2 heteroatoms. The van der Waals surface area contributed by atoms with E-state index in [1.807, 2.05) is 0 Å². The quantitative estimate of drug-likeness (QED) is 0.623. The maximum atomic E-state index is 5.15. The minimum atomic E-state index is 0.771. The Balaban J connectivity index is 2.46. The summed E-state index contributed by atoms with van der Waals surface area (Å²) in [5, 5.41) is 0. The molecule has 1 fully saturated rings. The van der Waals surface area contributed by atoms with Crippen molar-refractivity contribution < 1.29 is 4.74 Å². The lowest BCUT2D eigenvalue weighted by Gasteiger charge is -2.36. The van der Waals surface area contributed by atoms with E-state index in [-0.39, 0.29) is 0 Å². The number of methoxy groups -OCH3 is 1. The summed E-state index contributed by atoms with van der Waals surface area (Å²) < 4.78 is 5.15. The van der Waals surface area contributed by atoms with Gasteiger partial charge in [0.15, 0.2) is 5.88 Å². The van der Waals surface area contributed by atoms with Crippen LogP contribution < -0.4 is 0 Å². The Kier molecular flexibility index (Phi) is 3.64. The Morgan fingerprint density at radius 1 is 1.54 bits per heavy atom. The van der Waals surface area contributed by atoms with Gasteiger partial charge in [0.25, 0.3) is 0 Å². The zero-order valence-electron chi connectivity index (χ0n) is 9.05. The molecule has 0 aromatic rings. The van der Waals surface area contributed by atoms with Crippen molar-refractivity contribution in [2.24, 2.45) is 11.8 Å². The predicted octanol–water partition coefficient (Wildman–Crippen LogP) is 2.47. The van der Waals surface area contributed by atoms with Crippen molar-refractivity contribution in [3.05, 3.63) is 12.5 Å². The molecule has 0 aromatic heterocycles. The van der Waals surface area contributed by atoms with E-state index < -0.39 is 0 Å². The maximum absolute atomic E-state index is 5.15. The van der Waals surface area contributed by atoms with Gasteiger partial charge in [-0.25, -0.2) is 0 Å². The van der Waals surface area contributed by atoms with Gasteiger partial charge < -0.3 is 9.64 Å². The van der Waals surface area contributed by atoms with Crippen molar-refractivity contribution in [3.8, 4) is 0 Å². The van der Waals surface area contributed by atoms with Gasteiger partial charge in [-0.3, -0.25) is 0 Å². The molecule has 0 aliphatic carbocycles. The molecule has 2 nitrogen and oxygen atoms in total. The summed E-state index contributed by atoms with van der Waals surface area (Å²) in [6.45, 7) is 10.7. The van der Waals surface area contributed by atoms with E-state index in [1.165, 1.54) is 12.8 Å². The van der Waals surface area contributed by atoms with Gasteiger partial charge in [0.05, 0.1) is 7.11 Å². The topological polar surface area (TPSA) is 12.5 Å². The highest BCUT2D eigenvalue weighted by atomic mass is 16.5. The highest BCUT2D eigenvalue weighted by Gasteiger charge is 2.23. The van der Waals surface area contributed by atoms with Gasteiger partial charge in [0.1, 0.15) is 0 Å². The van der Waals surface area contributed by atoms with Crippen LogP contribution in [-0.4, -0.2) is 25.1 Å². The standard InChI is InChI=1S/C11H21NO/c1-9(2)11-6-5-7-12(8-11)10(3)13-4/h9,11H,3,5-8H2,1-2,4H3. The molecule has 0 spiro atoms. The highest BCUT2D eigenvalue weighted by molar-refractivity contribution is 4.88. The first-order chi connectivity index (χ1) is 6.15. The van der Waals surface area contributed by atoms with Crippen LogP contribution in [0.1, 0.15) is 26.7 Å². The number of hydrogen-bond acceptors (Lipinski definition) is 2. The minimum Gasteiger partial charge on any atom is -0.483 e. The zero-order valence-corrected chi connectivity index (χ0v) is 9.05. The average Bonchev–Trinajstić information content (AvgIpc) is 2.17. The first-order valence-corrected chi connectivity index (χ1v) is 5.13. The third-order valence-corrected chi connectivity index (χ3v) is 2.99. The first kappa shape index (κ1) is 10.4. The smallest absolute Gasteiger partial charge is 0.181 e. The van der Waals surface area contributed by atoms with E-state index in [0.717, 1.165) is 30.8 Å². The molecule has 1 rings (SSSR count). The van der Waals surface area contributed by atoms with Gasteiger partial charge in [-0.15, -0.1) is 0 Å². The normalized spacial score (nSPS) is 23.4. The van der Waals surface area contributed by atoms with Crippen LogP contribution in [-0.2, 0) is 4.74 Å². The second kappa shape index (κ2) is 4.54. The van der Waals surface area contributed by atoms with E-state index in [1.54, 1.807) is 7.11 Å². The zero-order chi connectivity index (χ0) is 9.84. The number of nitrogens with zero attached hydrogens (tertiary/aromatic N) is 1. The molecule has 1 heterocycles. The van der Waals surface area contributed by atoms with Gasteiger partial charge in [-0.2, -0.15) is 0 Å². The summed E-state index contributed by atoms with van der Waals surface area (Å²) in [6.07, 6.45) is 2.62. The molecule has 1 aliphatic heterocycles. The molecule has 0 saturated carbocycles. The van der Waals surface area contributed by atoms with Crippen LogP contribution in [0, 0.1) is 11.8 Å². The summed E-state index contributed by atoms with van der Waals surface area (Å²) in [5.41, 5.74) is 0. The summed E-state index contributed by atoms with van der Waals surface area (Å²) in [6, 6.07) is 0. The Morgan fingerprint density at radius 3 is 2.77 bits per heavy atom. The Morgan fingerprint density at radius 2 is 2.23 bits per heavy atom. The summed E-state index contributed by atoms with van der Waals surface area (Å²) in [7, 11) is 1.70. The van der Waals surface area contributed by atoms with E-state index in [2.05, 4.69) is 25.3 Å². The molecule has 0 radical (unpaired) electrons. The third kappa shape index (κ3) is 2.64. The molecule has 1 aliphatic rings. The predicted molar refractivity (Wildman–Crippen MR) is 55.3 cm³/mol. The first-order valence-electron chi connectivity index (χ1n) is 5.13. The summed E-state index contributed by atoms with van der Waals surface area (Å²) >= 11 is 0.